The number of rotatable bonds is 48. The number of nitrogens with two attached hydrogens (primary N) is 4. The van der Waals surface area contributed by atoms with Crippen molar-refractivity contribution in [1.29, 1.82) is 0 Å². The summed E-state index contributed by atoms with van der Waals surface area (Å²) in [6.07, 6.45) is -31.5. The lowest BCUT2D eigenvalue weighted by Gasteiger charge is -2.52. The van der Waals surface area contributed by atoms with Crippen LogP contribution in [0, 0.1) is 0 Å². The van der Waals surface area contributed by atoms with Gasteiger partial charge in [-0.25, -0.2) is 9.59 Å². The van der Waals surface area contributed by atoms with E-state index in [-0.39, 0.29) is 25.9 Å². The highest BCUT2D eigenvalue weighted by Gasteiger charge is 2.58. The Morgan fingerprint density at radius 3 is 1.09 bits per heavy atom. The van der Waals surface area contributed by atoms with E-state index in [4.69, 9.17) is 70.3 Å². The summed E-state index contributed by atoms with van der Waals surface area (Å²) in [6, 6.07) is -15.9. The molecular weight excluding hydrogens is 1550 g/mol. The van der Waals surface area contributed by atoms with Gasteiger partial charge in [-0.15, -0.1) is 0 Å². The molecule has 47 heteroatoms. The number of unbranched alkanes of at least 4 members (excludes halogenated alkanes) is 2. The van der Waals surface area contributed by atoms with Crippen molar-refractivity contribution in [3.8, 4) is 0 Å². The Kier molecular flexibility index (Phi) is 42.1. The minimum atomic E-state index is -2.21. The van der Waals surface area contributed by atoms with E-state index in [1.165, 1.54) is 19.9 Å². The van der Waals surface area contributed by atoms with Gasteiger partial charge >= 0.3 is 11.9 Å². The molecule has 4 heterocycles. The number of carbonyl (C=O) groups excluding carboxylic acids is 12. The van der Waals surface area contributed by atoms with Crippen LogP contribution in [-0.4, -0.2) is 339 Å². The molecule has 4 aliphatic rings. The summed E-state index contributed by atoms with van der Waals surface area (Å²) in [5.74, 6) is -14.2. The van der Waals surface area contributed by atoms with Crippen LogP contribution in [0.5, 0.6) is 0 Å². The number of carboxylic acid groups (broad SMARTS) is 2. The monoisotopic (exact) mass is 1670 g/mol. The summed E-state index contributed by atoms with van der Waals surface area (Å²) < 4.78 is 62.5. The third-order valence-electron chi connectivity index (χ3n) is 18.9. The minimum absolute atomic E-state index is 0.0367. The molecule has 0 radical (unpaired) electrons. The van der Waals surface area contributed by atoms with Crippen molar-refractivity contribution in [2.75, 3.05) is 39.5 Å². The van der Waals surface area contributed by atoms with E-state index < -0.39 is 306 Å². The molecule has 47 nitrogen and oxygen atoms in total. The van der Waals surface area contributed by atoms with Crippen LogP contribution in [0.4, 0.5) is 0 Å². The zero-order chi connectivity index (χ0) is 87.1. The first kappa shape index (κ1) is 99.8. The molecule has 1 unspecified atom stereocenters. The number of allylic oxidation sites excluding steroid dienone is 1. The van der Waals surface area contributed by atoms with Crippen LogP contribution >= 0.6 is 0 Å². The van der Waals surface area contributed by atoms with E-state index in [2.05, 4.69) is 53.2 Å². The first-order valence-electron chi connectivity index (χ1n) is 37.7. The number of aliphatic hydroxyl groups is 7. The summed E-state index contributed by atoms with van der Waals surface area (Å²) in [7, 11) is 0. The van der Waals surface area contributed by atoms with E-state index in [9.17, 15) is 113 Å². The Hall–Kier alpha value is -8.60. The van der Waals surface area contributed by atoms with Crippen LogP contribution in [0.15, 0.2) is 12.3 Å². The second-order valence-corrected chi connectivity index (χ2v) is 28.1. The van der Waals surface area contributed by atoms with Crippen LogP contribution in [0.3, 0.4) is 0 Å². The van der Waals surface area contributed by atoms with Gasteiger partial charge in [-0.1, -0.05) is 6.08 Å². The maximum atomic E-state index is 14.3. The molecule has 0 aromatic heterocycles. The fraction of sp³-hybridized carbons (Fsp3) is 0.768. The Morgan fingerprint density at radius 2 is 0.741 bits per heavy atom. The number of carbonyl (C=O) groups is 14. The molecule has 4 rings (SSSR count). The summed E-state index contributed by atoms with van der Waals surface area (Å²) in [4.78, 5) is 183. The van der Waals surface area contributed by atoms with Gasteiger partial charge in [0.25, 0.3) is 0 Å². The van der Waals surface area contributed by atoms with E-state index >= 15 is 0 Å². The Labute approximate surface area is 666 Å². The zero-order valence-corrected chi connectivity index (χ0v) is 65.8. The normalized spacial score (nSPS) is 29.3. The van der Waals surface area contributed by atoms with Crippen molar-refractivity contribution in [3.63, 3.8) is 0 Å². The number of aliphatic carboxylic acids is 2. The number of hydrogen-bond acceptors (Lipinski definition) is 33. The highest BCUT2D eigenvalue weighted by Crippen LogP contribution is 2.37. The second-order valence-electron chi connectivity index (χ2n) is 28.1. The van der Waals surface area contributed by atoms with Crippen LogP contribution in [0.2, 0.25) is 0 Å². The molecule has 116 heavy (non-hydrogen) atoms. The summed E-state index contributed by atoms with van der Waals surface area (Å²) in [5, 5.41) is 122. The number of carboxylic acids is 2. The van der Waals surface area contributed by atoms with Crippen molar-refractivity contribution < 1.29 is 160 Å². The maximum absolute atomic E-state index is 14.3. The third-order valence-corrected chi connectivity index (χ3v) is 18.9. The average molecular weight is 1670 g/mol. The summed E-state index contributed by atoms with van der Waals surface area (Å²) in [6.45, 7) is 6.49. The predicted octanol–water partition coefficient (Wildman–Crippen LogP) is -10.9. The van der Waals surface area contributed by atoms with Crippen LogP contribution in [0.1, 0.15) is 127 Å². The lowest BCUT2D eigenvalue weighted by Crippen LogP contribution is -2.72. The molecule has 0 bridgehead atoms. The quantitative estimate of drug-likeness (QED) is 0.0199. The van der Waals surface area contributed by atoms with Crippen molar-refractivity contribution in [1.82, 2.24) is 53.2 Å². The molecule has 4 saturated heterocycles. The second kappa shape index (κ2) is 48.9. The van der Waals surface area contributed by atoms with Crippen LogP contribution in [-0.2, 0) is 114 Å². The van der Waals surface area contributed by atoms with E-state index in [1.54, 1.807) is 6.92 Å². The van der Waals surface area contributed by atoms with E-state index in [1.807, 2.05) is 0 Å². The Bertz CT molecular complexity index is 3320. The molecule has 0 aliphatic carbocycles. The van der Waals surface area contributed by atoms with Gasteiger partial charge in [0.05, 0.1) is 32.7 Å². The van der Waals surface area contributed by atoms with Gasteiger partial charge in [-0.2, -0.15) is 0 Å². The van der Waals surface area contributed by atoms with Crippen molar-refractivity contribution in [2.24, 2.45) is 22.9 Å². The summed E-state index contributed by atoms with van der Waals surface area (Å²) >= 11 is 0. The van der Waals surface area contributed by atoms with Gasteiger partial charge in [0.15, 0.2) is 18.9 Å². The Morgan fingerprint density at radius 1 is 0.405 bits per heavy atom. The van der Waals surface area contributed by atoms with Gasteiger partial charge in [-0.05, 0) is 99.1 Å². The SMILES string of the molecule is C/C=C/OC1O[C@H](CO)[C@@H](O[C@@H]2O[C@H](CO)[C@@H](O[C@@H]3O[C@H](CO)[C@@H](O[C@@H]4O[C@H](CO)[C@@H](O)[C@H](O)[C@H]4NC(C)=O)[C@H](O[C@H](C)C(=O)N[C@@H](C)C(=O)N[C@H](CCC(=O)N[C@@H](CCCCN)C(=O)O)C(N)=O)[C@H]3NC(C)=O)[C@H](O)[C@H]2NC(C)=O)[C@H](O[C@H](C)C(=O)N[C@@H](C)C(=O)N[C@H](CCC(=O)N[C@@H](CCCCN)C(=O)O)C(N)=O)[C@H]1NC(C)=O. The number of ether oxygens (including phenoxy) is 10. The third kappa shape index (κ3) is 30.1. The van der Waals surface area contributed by atoms with Gasteiger partial charge in [0.1, 0.15) is 146 Å². The van der Waals surface area contributed by atoms with Gasteiger partial charge in [0, 0.05) is 40.5 Å². The van der Waals surface area contributed by atoms with Gasteiger partial charge in [0.2, 0.25) is 77.2 Å². The molecule has 28 atom stereocenters. The van der Waals surface area contributed by atoms with Crippen molar-refractivity contribution in [2.45, 2.75) is 298 Å². The first-order chi connectivity index (χ1) is 54.7. The average Bonchev–Trinajstić information content (AvgIpc) is 0.762. The zero-order valence-electron chi connectivity index (χ0n) is 65.8. The fourth-order valence-electron chi connectivity index (χ4n) is 12.8. The molecular formula is C69H116N14O33. The van der Waals surface area contributed by atoms with Crippen LogP contribution < -0.4 is 76.1 Å². The molecule has 0 saturated carbocycles. The number of amides is 12. The molecule has 4 aliphatic heterocycles. The molecule has 660 valence electrons. The Balaban J connectivity index is 1.75. The highest BCUT2D eigenvalue weighted by molar-refractivity contribution is 5.94. The number of primary amides is 2. The number of nitrogens with one attached hydrogen (secondary N) is 10. The van der Waals surface area contributed by atoms with Gasteiger partial charge in [-0.3, -0.25) is 57.5 Å². The topological polar surface area (TPSA) is 738 Å². The molecule has 0 spiro atoms. The number of aliphatic hydroxyl groups excluding tert-OH is 7. The lowest BCUT2D eigenvalue weighted by molar-refractivity contribution is -0.366. The van der Waals surface area contributed by atoms with E-state index in [0.29, 0.717) is 25.7 Å². The fourth-order valence-corrected chi connectivity index (χ4v) is 12.8. The smallest absolute Gasteiger partial charge is 0.326 e. The lowest BCUT2D eigenvalue weighted by atomic mass is 9.92. The molecule has 4 fully saturated rings. The number of hydrogen-bond donors (Lipinski definition) is 23. The van der Waals surface area contributed by atoms with Crippen molar-refractivity contribution >= 4 is 82.8 Å². The van der Waals surface area contributed by atoms with E-state index in [0.717, 1.165) is 47.8 Å². The van der Waals surface area contributed by atoms with Gasteiger partial charge < -0.3 is 169 Å². The highest BCUT2D eigenvalue weighted by atomic mass is 16.8. The minimum Gasteiger partial charge on any atom is -0.480 e. The first-order valence-corrected chi connectivity index (χ1v) is 37.7. The van der Waals surface area contributed by atoms with Crippen molar-refractivity contribution in [3.05, 3.63) is 12.3 Å². The predicted molar refractivity (Wildman–Crippen MR) is 391 cm³/mol. The largest absolute Gasteiger partial charge is 0.480 e. The van der Waals surface area contributed by atoms with Crippen LogP contribution in [0.25, 0.3) is 0 Å². The molecule has 12 amide bonds. The molecule has 27 N–H and O–H groups in total. The molecule has 0 aromatic carbocycles. The summed E-state index contributed by atoms with van der Waals surface area (Å²) in [5.41, 5.74) is 22.1. The maximum Gasteiger partial charge on any atom is 0.326 e. The standard InChI is InChI=1S/C69H116N14O33/c1-10-23-107-66-48(78-34(8)90)56(108-30(4)62(101)74-28(2)60(99)82-36(58(72)97)17-19-44(92)80-38(64(103)104)15-11-13-21-70)54(42(26-86)111-66)116-68-47(77-33(7)89)52(96)53(41(25-85)112-68)114-69-49(79-35(9)91)57(55(43(27-87)113-69)115-67-46(76-32(6)88)51(95)50(94)40(24-84)110-67)109-31(5)63(102)75-29(3)61(100)83-37(59(73)98)18-20-45(93)81-39(65(105)106)16-12-14-22-71/h10,23,28-31,36-43,46-57,66-69,84-87,94-96H,11-22,24-27,70-71H2,1-9H3,(H2,72,97)(H2,73,98)(H,74,101)(H,75,102)(H,76,88)(H,77,89)(H,78,90)(H,79,91)(H,80,92)(H,81,93)(H,82,99)(H,83,100)(H,103,104)(H,105,106)/b23-10+/t28-,29-,30+,31+,36+,37+,38-,39-,40+,41+,42+,43+,46+,47+,48+,49+,50+,51+,52+,53+,54+,55+,56+,57+,66?,67-,68-,69-/m0/s1. The molecule has 0 aromatic rings.